The number of nitriles is 2. The molecule has 10 heteroatoms. The Bertz CT molecular complexity index is 9120. The molecule has 0 saturated heterocycles. The maximum Gasteiger partial charge on any atom is 0.165 e. The first-order chi connectivity index (χ1) is 65.4. The number of furan rings is 2. The van der Waals surface area contributed by atoms with Gasteiger partial charge in [0.05, 0.1) is 23.3 Å². The molecule has 0 unspecified atom stereocenters. The van der Waals surface area contributed by atoms with E-state index in [1.54, 1.807) is 0 Å². The molecule has 608 valence electrons. The molecule has 0 saturated carbocycles. The molecule has 21 aromatic carbocycles. The largest absolute Gasteiger partial charge is 0.456 e. The lowest BCUT2D eigenvalue weighted by Crippen LogP contribution is -2.02. The number of fused-ring (bicyclic) bond motifs is 16. The highest BCUT2D eigenvalue weighted by Gasteiger charge is 2.32. The molecule has 0 spiro atoms. The lowest BCUT2D eigenvalue weighted by Gasteiger charge is -2.20. The predicted octanol–water partition coefficient (Wildman–Crippen LogP) is 31.8. The van der Waals surface area contributed by atoms with Gasteiger partial charge in [-0.15, -0.1) is 0 Å². The van der Waals surface area contributed by atoms with Crippen LogP contribution < -0.4 is 0 Å². The highest BCUT2D eigenvalue weighted by Crippen LogP contribution is 2.58. The number of hydrogen-bond acceptors (Lipinski definition) is 10. The van der Waals surface area contributed by atoms with E-state index in [9.17, 15) is 10.5 Å². The molecule has 4 aromatic heterocycles. The van der Waals surface area contributed by atoms with E-state index in [1.807, 2.05) is 103 Å². The molecular formula is C122H68N8O2. The van der Waals surface area contributed by atoms with Gasteiger partial charge in [-0.25, -0.2) is 29.9 Å². The van der Waals surface area contributed by atoms with Crippen LogP contribution in [0.3, 0.4) is 0 Å². The van der Waals surface area contributed by atoms with Crippen LogP contribution in [0.4, 0.5) is 0 Å². The molecule has 132 heavy (non-hydrogen) atoms. The third kappa shape index (κ3) is 12.0. The summed E-state index contributed by atoms with van der Waals surface area (Å²) in [6, 6.07) is 149. The Morgan fingerprint density at radius 3 is 0.886 bits per heavy atom. The zero-order valence-corrected chi connectivity index (χ0v) is 70.7. The van der Waals surface area contributed by atoms with Gasteiger partial charge in [-0.05, 0) is 219 Å². The first-order valence-corrected chi connectivity index (χ1v) is 44.2. The molecule has 27 rings (SSSR count). The summed E-state index contributed by atoms with van der Waals surface area (Å²) in [5.41, 5.74) is 31.1. The highest BCUT2D eigenvalue weighted by molar-refractivity contribution is 6.31. The molecule has 2 aliphatic rings. The second-order valence-electron chi connectivity index (χ2n) is 33.8. The van der Waals surface area contributed by atoms with Gasteiger partial charge in [0.15, 0.2) is 34.9 Å². The van der Waals surface area contributed by atoms with E-state index in [-0.39, 0.29) is 0 Å². The van der Waals surface area contributed by atoms with E-state index in [0.717, 1.165) is 176 Å². The Morgan fingerprint density at radius 1 is 0.159 bits per heavy atom. The predicted molar refractivity (Wildman–Crippen MR) is 537 cm³/mol. The lowest BCUT2D eigenvalue weighted by atomic mass is 9.83. The summed E-state index contributed by atoms with van der Waals surface area (Å²) in [5.74, 6) is 3.57. The van der Waals surface area contributed by atoms with E-state index in [0.29, 0.717) is 46.1 Å². The van der Waals surface area contributed by atoms with Crippen LogP contribution in [0.5, 0.6) is 0 Å². The molecule has 0 fully saturated rings. The van der Waals surface area contributed by atoms with E-state index >= 15 is 0 Å². The molecule has 0 bridgehead atoms. The maximum absolute atomic E-state index is 9.73. The Kier molecular flexibility index (Phi) is 17.2. The van der Waals surface area contributed by atoms with Crippen LogP contribution >= 0.6 is 0 Å². The van der Waals surface area contributed by atoms with Crippen molar-refractivity contribution in [2.24, 2.45) is 0 Å². The summed E-state index contributed by atoms with van der Waals surface area (Å²) in [6.45, 7) is 0. The van der Waals surface area contributed by atoms with Crippen molar-refractivity contribution in [2.75, 3.05) is 0 Å². The third-order valence-corrected chi connectivity index (χ3v) is 26.7. The summed E-state index contributed by atoms with van der Waals surface area (Å²) in [6.07, 6.45) is 0. The second-order valence-corrected chi connectivity index (χ2v) is 33.8. The van der Waals surface area contributed by atoms with E-state index in [4.69, 9.17) is 38.7 Å². The van der Waals surface area contributed by atoms with Crippen molar-refractivity contribution in [1.29, 1.82) is 10.5 Å². The summed E-state index contributed by atoms with van der Waals surface area (Å²) in [4.78, 5) is 31.8. The number of rotatable bonds is 11. The summed E-state index contributed by atoms with van der Waals surface area (Å²) < 4.78 is 12.5. The molecule has 25 aromatic rings. The zero-order chi connectivity index (χ0) is 87.2. The summed E-state index contributed by atoms with van der Waals surface area (Å²) in [7, 11) is 0. The maximum atomic E-state index is 9.73. The Hall–Kier alpha value is -18.2. The topological polar surface area (TPSA) is 151 Å². The first kappa shape index (κ1) is 75.1. The Balaban J connectivity index is 0.000000139. The molecule has 0 amide bonds. The van der Waals surface area contributed by atoms with Crippen LogP contribution in [0.25, 0.3) is 277 Å². The molecule has 0 atom stereocenters. The smallest absolute Gasteiger partial charge is 0.165 e. The SMILES string of the molecule is N#Cc1ccc(-c2ccc3c4c(ccc(-c5c6ccccc6c(-c6nc(-c7ccccc7)nc(-c7ccc(-c8ccc9oc%10ccccc%10c9c8)cc7)n6)c6ccccc56)c24)-c2ccccc2-3)cc1.N#Cc1ccc(-c2ccc3c4c(ccc(-c5c6ccccc6c(-c6nc(-c7ccccc7)nc(-c7cccc8oc9ccccc9c78)n6)c6ccccc56)c24)-c2ccccc2-3)cc1. The van der Waals surface area contributed by atoms with Crippen LogP contribution in [0.15, 0.2) is 421 Å². The quantitative estimate of drug-likeness (QED) is 0.114. The van der Waals surface area contributed by atoms with Crippen LogP contribution in [-0.2, 0) is 0 Å². The Morgan fingerprint density at radius 2 is 0.447 bits per heavy atom. The van der Waals surface area contributed by atoms with Gasteiger partial charge in [0.1, 0.15) is 22.3 Å². The van der Waals surface area contributed by atoms with Crippen LogP contribution in [-0.4, -0.2) is 29.9 Å². The fraction of sp³-hybridized carbons (Fsp3) is 0. The van der Waals surface area contributed by atoms with Crippen LogP contribution in [0, 0.1) is 22.7 Å². The van der Waals surface area contributed by atoms with Crippen molar-refractivity contribution in [2.45, 2.75) is 0 Å². The van der Waals surface area contributed by atoms with Gasteiger partial charge in [0.25, 0.3) is 0 Å². The number of nitrogens with zero attached hydrogens (tertiary/aromatic N) is 8. The summed E-state index contributed by atoms with van der Waals surface area (Å²) in [5, 5.41) is 37.0. The van der Waals surface area contributed by atoms with Gasteiger partial charge in [0, 0.05) is 54.9 Å². The van der Waals surface area contributed by atoms with Crippen molar-refractivity contribution in [1.82, 2.24) is 29.9 Å². The van der Waals surface area contributed by atoms with Gasteiger partial charge >= 0.3 is 0 Å². The molecule has 4 heterocycles. The van der Waals surface area contributed by atoms with Gasteiger partial charge < -0.3 is 8.83 Å². The fourth-order valence-corrected chi connectivity index (χ4v) is 20.8. The minimum atomic E-state index is 0.576. The molecule has 0 aliphatic heterocycles. The van der Waals surface area contributed by atoms with E-state index < -0.39 is 0 Å². The standard InChI is InChI=1S/C64H36N4O.C58H32N4O/c65-37-38-22-24-40(25-23-38)44-31-32-52-45-14-4-5-15-46(45)53-33-34-54(59(44)60(52)53)58-48-17-6-8-19-50(48)61(51-20-9-7-18-49(51)58)64-67-62(41-12-2-1-3-13-41)66-63(68-64)42-28-26-39(27-29-42)43-30-35-57-55(36-43)47-16-10-11-21-56(47)69-57;59-33-34-25-27-35(28-26-34)37-29-30-44-38-15-4-5-16-39(38)45-31-32-47(53(37)54(44)45)51-40-17-6-8-19-42(40)55(43-20-9-7-18-41(43)51)58-61-56(36-13-2-1-3-14-36)60-57(62-58)48-22-12-24-50-52(48)46-21-10-11-23-49(46)63-50/h1-36H;1-32H. The monoisotopic (exact) mass is 1680 g/mol. The Labute approximate surface area is 756 Å². The minimum Gasteiger partial charge on any atom is -0.456 e. The number of hydrogen-bond donors (Lipinski definition) is 0. The average Bonchev–Trinajstić information content (AvgIpc) is 1.63. The summed E-state index contributed by atoms with van der Waals surface area (Å²) >= 11 is 0. The van der Waals surface area contributed by atoms with E-state index in [1.165, 1.54) is 66.1 Å². The van der Waals surface area contributed by atoms with Crippen molar-refractivity contribution in [3.63, 3.8) is 0 Å². The van der Waals surface area contributed by atoms with Crippen LogP contribution in [0.2, 0.25) is 0 Å². The normalized spacial score (nSPS) is 11.8. The van der Waals surface area contributed by atoms with Gasteiger partial charge in [0.2, 0.25) is 0 Å². The van der Waals surface area contributed by atoms with Crippen molar-refractivity contribution >= 4 is 109 Å². The molecule has 10 nitrogen and oxygen atoms in total. The zero-order valence-electron chi connectivity index (χ0n) is 70.7. The fourth-order valence-electron chi connectivity index (χ4n) is 20.8. The third-order valence-electron chi connectivity index (χ3n) is 26.7. The molecule has 0 radical (unpaired) electrons. The second kappa shape index (κ2) is 30.3. The van der Waals surface area contributed by atoms with Gasteiger partial charge in [-0.3, -0.25) is 0 Å². The highest BCUT2D eigenvalue weighted by atomic mass is 16.3. The van der Waals surface area contributed by atoms with Crippen molar-refractivity contribution in [3.05, 3.63) is 424 Å². The first-order valence-electron chi connectivity index (χ1n) is 44.2. The minimum absolute atomic E-state index is 0.576. The van der Waals surface area contributed by atoms with Gasteiger partial charge in [-0.2, -0.15) is 10.5 Å². The molecular weight excluding hydrogens is 1610 g/mol. The number of benzene rings is 21. The van der Waals surface area contributed by atoms with E-state index in [2.05, 4.69) is 322 Å². The van der Waals surface area contributed by atoms with Crippen molar-refractivity contribution in [3.8, 4) is 181 Å². The van der Waals surface area contributed by atoms with Crippen LogP contribution in [0.1, 0.15) is 11.1 Å². The molecule has 0 N–H and O–H groups in total. The lowest BCUT2D eigenvalue weighted by molar-refractivity contribution is 0.668. The molecule has 2 aliphatic carbocycles. The van der Waals surface area contributed by atoms with Crippen molar-refractivity contribution < 1.29 is 8.83 Å². The number of para-hydroxylation sites is 2. The number of aromatic nitrogens is 6. The van der Waals surface area contributed by atoms with Gasteiger partial charge in [-0.1, -0.05) is 358 Å². The average molecular weight is 1680 g/mol.